The summed E-state index contributed by atoms with van der Waals surface area (Å²) in [5.41, 5.74) is 1.82. The summed E-state index contributed by atoms with van der Waals surface area (Å²) in [5, 5.41) is 5.39. The molecule has 7 nitrogen and oxygen atoms in total. The summed E-state index contributed by atoms with van der Waals surface area (Å²) in [4.78, 5) is 16.0. The van der Waals surface area contributed by atoms with E-state index in [0.717, 1.165) is 61.6 Å². The fourth-order valence-electron chi connectivity index (χ4n) is 3.43. The van der Waals surface area contributed by atoms with Crippen molar-refractivity contribution in [2.75, 3.05) is 31.2 Å². The molecular weight excluding hydrogens is 328 g/mol. The van der Waals surface area contributed by atoms with Crippen LogP contribution in [-0.2, 0) is 11.8 Å². The smallest absolute Gasteiger partial charge is 0.164 e. The Bertz CT molecular complexity index is 878. The minimum absolute atomic E-state index is 0.549. The minimum atomic E-state index is 0.549. The first-order valence-corrected chi connectivity index (χ1v) is 9.19. The molecule has 7 heteroatoms. The lowest BCUT2D eigenvalue weighted by molar-refractivity contribution is 0.106. The third-order valence-electron chi connectivity index (χ3n) is 4.80. The molecule has 0 spiro atoms. The maximum atomic E-state index is 5.75. The quantitative estimate of drug-likeness (QED) is 0.635. The molecule has 3 aromatic rings. The Kier molecular flexibility index (Phi) is 4.79. The zero-order chi connectivity index (χ0) is 17.9. The van der Waals surface area contributed by atoms with Crippen LogP contribution in [0.4, 0.5) is 5.82 Å². The molecule has 0 unspecified atom stereocenters. The van der Waals surface area contributed by atoms with Crippen LogP contribution in [0.15, 0.2) is 30.7 Å². The van der Waals surface area contributed by atoms with Gasteiger partial charge in [0.2, 0.25) is 0 Å². The van der Waals surface area contributed by atoms with Crippen LogP contribution in [0.1, 0.15) is 19.8 Å². The summed E-state index contributed by atoms with van der Waals surface area (Å²) in [6, 6.07) is 3.87. The standard InChI is InChI=1S/C19H24N6O/c1-3-10-26-13-14-6-9-25(12-14)19-16-11-21-24(2)18(16)22-17(23-19)15-4-7-20-8-5-15/h4-5,7-8,11,14H,3,6,9-10,12-13H2,1-2H3/t14-/m0/s1. The molecule has 1 aliphatic rings. The number of fused-ring (bicyclic) bond motifs is 1. The van der Waals surface area contributed by atoms with Crippen LogP contribution >= 0.6 is 0 Å². The van der Waals surface area contributed by atoms with Gasteiger partial charge in [-0.05, 0) is 25.0 Å². The molecule has 4 rings (SSSR count). The molecule has 0 N–H and O–H groups in total. The average Bonchev–Trinajstić information content (AvgIpc) is 3.29. The number of aromatic nitrogens is 5. The van der Waals surface area contributed by atoms with Crippen molar-refractivity contribution < 1.29 is 4.74 Å². The number of hydrogen-bond donors (Lipinski definition) is 0. The van der Waals surface area contributed by atoms with E-state index in [9.17, 15) is 0 Å². The Morgan fingerprint density at radius 1 is 1.23 bits per heavy atom. The molecule has 0 aromatic carbocycles. The zero-order valence-corrected chi connectivity index (χ0v) is 15.3. The van der Waals surface area contributed by atoms with Crippen molar-refractivity contribution in [2.24, 2.45) is 13.0 Å². The van der Waals surface area contributed by atoms with Crippen LogP contribution in [-0.4, -0.2) is 51.0 Å². The highest BCUT2D eigenvalue weighted by Gasteiger charge is 2.26. The summed E-state index contributed by atoms with van der Waals surface area (Å²) < 4.78 is 7.56. The Labute approximate surface area is 153 Å². The third kappa shape index (κ3) is 3.26. The van der Waals surface area contributed by atoms with E-state index in [1.807, 2.05) is 30.1 Å². The van der Waals surface area contributed by atoms with Crippen LogP contribution in [0.3, 0.4) is 0 Å². The number of pyridine rings is 1. The highest BCUT2D eigenvalue weighted by atomic mass is 16.5. The van der Waals surface area contributed by atoms with Gasteiger partial charge in [-0.15, -0.1) is 0 Å². The minimum Gasteiger partial charge on any atom is -0.381 e. The maximum absolute atomic E-state index is 5.75. The third-order valence-corrected chi connectivity index (χ3v) is 4.80. The van der Waals surface area contributed by atoms with Crippen LogP contribution in [0, 0.1) is 5.92 Å². The van der Waals surface area contributed by atoms with E-state index in [-0.39, 0.29) is 0 Å². The summed E-state index contributed by atoms with van der Waals surface area (Å²) in [6.07, 6.45) is 7.58. The monoisotopic (exact) mass is 352 g/mol. The first-order valence-electron chi connectivity index (χ1n) is 9.19. The molecule has 1 aliphatic heterocycles. The molecule has 26 heavy (non-hydrogen) atoms. The SMILES string of the molecule is CCCOC[C@H]1CCN(c2nc(-c3ccncc3)nc3c2cnn3C)C1. The molecule has 0 aliphatic carbocycles. The maximum Gasteiger partial charge on any atom is 0.164 e. The van der Waals surface area contributed by atoms with E-state index in [1.165, 1.54) is 0 Å². The van der Waals surface area contributed by atoms with E-state index < -0.39 is 0 Å². The molecule has 3 aromatic heterocycles. The predicted octanol–water partition coefficient (Wildman–Crippen LogP) is 2.68. The summed E-state index contributed by atoms with van der Waals surface area (Å²) >= 11 is 0. The van der Waals surface area contributed by atoms with Gasteiger partial charge in [-0.2, -0.15) is 5.10 Å². The lowest BCUT2D eigenvalue weighted by atomic mass is 10.1. The molecule has 136 valence electrons. The number of aryl methyl sites for hydroxylation is 1. The van der Waals surface area contributed by atoms with E-state index in [0.29, 0.717) is 11.7 Å². The van der Waals surface area contributed by atoms with Crippen molar-refractivity contribution in [2.45, 2.75) is 19.8 Å². The first kappa shape index (κ1) is 16.9. The fraction of sp³-hybridized carbons (Fsp3) is 0.474. The second-order valence-electron chi connectivity index (χ2n) is 6.79. The van der Waals surface area contributed by atoms with Crippen molar-refractivity contribution in [3.8, 4) is 11.4 Å². The molecule has 0 radical (unpaired) electrons. The second-order valence-corrected chi connectivity index (χ2v) is 6.79. The van der Waals surface area contributed by atoms with Gasteiger partial charge < -0.3 is 9.64 Å². The van der Waals surface area contributed by atoms with Gasteiger partial charge >= 0.3 is 0 Å². The molecule has 1 fully saturated rings. The molecule has 1 saturated heterocycles. The molecule has 0 amide bonds. The molecule has 0 bridgehead atoms. The van der Waals surface area contributed by atoms with Crippen molar-refractivity contribution in [3.63, 3.8) is 0 Å². The Morgan fingerprint density at radius 3 is 2.88 bits per heavy atom. The first-order chi connectivity index (χ1) is 12.8. The van der Waals surface area contributed by atoms with Crippen LogP contribution in [0.25, 0.3) is 22.4 Å². The van der Waals surface area contributed by atoms with Gasteiger partial charge in [-0.3, -0.25) is 9.67 Å². The normalized spacial score (nSPS) is 17.3. The summed E-state index contributed by atoms with van der Waals surface area (Å²) in [5.74, 6) is 2.23. The largest absolute Gasteiger partial charge is 0.381 e. The van der Waals surface area contributed by atoms with Crippen molar-refractivity contribution in [3.05, 3.63) is 30.7 Å². The predicted molar refractivity (Wildman–Crippen MR) is 101 cm³/mol. The topological polar surface area (TPSA) is 69.0 Å². The summed E-state index contributed by atoms with van der Waals surface area (Å²) in [6.45, 7) is 5.74. The van der Waals surface area contributed by atoms with Gasteiger partial charge in [-0.1, -0.05) is 6.92 Å². The highest BCUT2D eigenvalue weighted by molar-refractivity contribution is 5.88. The lowest BCUT2D eigenvalue weighted by Gasteiger charge is -2.19. The zero-order valence-electron chi connectivity index (χ0n) is 15.3. The number of nitrogens with zero attached hydrogens (tertiary/aromatic N) is 6. The Balaban J connectivity index is 1.66. The molecular formula is C19H24N6O. The highest BCUT2D eigenvalue weighted by Crippen LogP contribution is 2.30. The van der Waals surface area contributed by atoms with Gasteiger partial charge in [0.05, 0.1) is 18.2 Å². The van der Waals surface area contributed by atoms with Crippen LogP contribution < -0.4 is 4.90 Å². The van der Waals surface area contributed by atoms with Gasteiger partial charge in [0.25, 0.3) is 0 Å². The molecule has 0 saturated carbocycles. The van der Waals surface area contributed by atoms with E-state index >= 15 is 0 Å². The number of ether oxygens (including phenoxy) is 1. The van der Waals surface area contributed by atoms with Gasteiger partial charge in [0.1, 0.15) is 5.82 Å². The van der Waals surface area contributed by atoms with Gasteiger partial charge in [0, 0.05) is 50.6 Å². The van der Waals surface area contributed by atoms with Crippen molar-refractivity contribution in [1.82, 2.24) is 24.7 Å². The average molecular weight is 352 g/mol. The van der Waals surface area contributed by atoms with Crippen molar-refractivity contribution >= 4 is 16.9 Å². The van der Waals surface area contributed by atoms with Gasteiger partial charge in [-0.25, -0.2) is 9.97 Å². The van der Waals surface area contributed by atoms with Crippen molar-refractivity contribution in [1.29, 1.82) is 0 Å². The fourth-order valence-corrected chi connectivity index (χ4v) is 3.43. The number of rotatable bonds is 6. The summed E-state index contributed by atoms with van der Waals surface area (Å²) in [7, 11) is 1.92. The Hall–Kier alpha value is -2.54. The Morgan fingerprint density at radius 2 is 2.08 bits per heavy atom. The number of anilines is 1. The second kappa shape index (κ2) is 7.37. The lowest BCUT2D eigenvalue weighted by Crippen LogP contribution is -2.23. The number of hydrogen-bond acceptors (Lipinski definition) is 6. The van der Waals surface area contributed by atoms with Gasteiger partial charge in [0.15, 0.2) is 11.5 Å². The molecule has 1 atom stereocenters. The van der Waals surface area contributed by atoms with E-state index in [4.69, 9.17) is 14.7 Å². The van der Waals surface area contributed by atoms with E-state index in [2.05, 4.69) is 21.9 Å². The molecule has 4 heterocycles. The van der Waals surface area contributed by atoms with Crippen LogP contribution in [0.5, 0.6) is 0 Å². The van der Waals surface area contributed by atoms with Crippen LogP contribution in [0.2, 0.25) is 0 Å². The van der Waals surface area contributed by atoms with E-state index in [1.54, 1.807) is 12.4 Å².